The van der Waals surface area contributed by atoms with Gasteiger partial charge in [-0.25, -0.2) is 4.98 Å². The first kappa shape index (κ1) is 66.0. The van der Waals surface area contributed by atoms with E-state index in [0.29, 0.717) is 5.89 Å². The number of benzene rings is 2. The van der Waals surface area contributed by atoms with Crippen LogP contribution in [-0.2, 0) is 262 Å². The molecule has 0 aliphatic carbocycles. The molecular weight excluding hydrogens is 993 g/mol. The zero-order valence-corrected chi connectivity index (χ0v) is 42.0. The van der Waals surface area contributed by atoms with E-state index in [0.717, 1.165) is 22.6 Å². The van der Waals surface area contributed by atoms with Crippen LogP contribution in [0, 0.1) is 36.1 Å². The quantitative estimate of drug-likeness (QED) is 0.286. The van der Waals surface area contributed by atoms with Crippen molar-refractivity contribution in [3.05, 3.63) is 103 Å². The molecule has 31 heavy (non-hydrogen) atoms. The normalized spacial score (nSPS) is 6.35. The molecule has 1 aromatic heterocycles. The number of nitrogens with zero attached hydrogens (tertiary/aromatic N) is 1. The fourth-order valence-electron chi connectivity index (χ4n) is 2.04. The maximum absolute atomic E-state index is 5.84. The van der Waals surface area contributed by atoms with Crippen LogP contribution in [0.15, 0.2) is 65.1 Å². The molecule has 0 fully saturated rings. The molecule has 0 atom stereocenters. The molecule has 2 nitrogen and oxygen atoms in total. The Balaban J connectivity index is -0.0000000459. The minimum absolute atomic E-state index is 0. The van der Waals surface area contributed by atoms with Crippen molar-refractivity contribution in [2.45, 2.75) is 6.92 Å². The molecule has 1 heterocycles. The summed E-state index contributed by atoms with van der Waals surface area (Å²) in [6.07, 6.45) is 1.87. The first-order valence-electron chi connectivity index (χ1n) is 6.29. The summed E-state index contributed by atoms with van der Waals surface area (Å²) in [5.74, 6) is 1.47. The van der Waals surface area contributed by atoms with Crippen molar-refractivity contribution in [3.8, 4) is 22.6 Å². The number of hydrogen-bond acceptors (Lipinski definition) is 2. The van der Waals surface area contributed by atoms with Gasteiger partial charge in [-0.3, -0.25) is 0 Å². The van der Waals surface area contributed by atoms with Crippen molar-refractivity contribution in [3.63, 3.8) is 0 Å². The third-order valence-corrected chi connectivity index (χ3v) is 2.97. The largest absolute Gasteiger partial charge is 0.471 e. The molecule has 0 bridgehead atoms. The summed E-state index contributed by atoms with van der Waals surface area (Å²) in [5.41, 5.74) is 3.00. The predicted octanol–water partition coefficient (Wildman–Crippen LogP) is 6.36. The molecular formula is C21H26NOY8-5. The Morgan fingerprint density at radius 3 is 1.29 bits per heavy atom. The van der Waals surface area contributed by atoms with Crippen molar-refractivity contribution in [1.29, 1.82) is 0 Å². The van der Waals surface area contributed by atoms with Crippen LogP contribution in [0.1, 0.15) is 12.8 Å². The molecule has 0 saturated carbocycles. The van der Waals surface area contributed by atoms with Crippen molar-refractivity contribution >= 4 is 0 Å². The van der Waals surface area contributed by atoms with Crippen molar-refractivity contribution in [1.82, 2.24) is 4.98 Å². The fraction of sp³-hybridized carbons (Fsp3) is 0.0476. The summed E-state index contributed by atoms with van der Waals surface area (Å²) in [4.78, 5) is 4.55. The molecule has 10 heteroatoms. The molecule has 0 unspecified atom stereocenters. The second-order valence-corrected chi connectivity index (χ2v) is 4.25. The average Bonchev–Trinajstić information content (AvgIpc) is 2.93. The van der Waals surface area contributed by atoms with Gasteiger partial charge >= 0.3 is 0 Å². The van der Waals surface area contributed by atoms with Gasteiger partial charge in [0.15, 0.2) is 5.76 Å². The maximum Gasteiger partial charge on any atom is 0.158 e. The van der Waals surface area contributed by atoms with Crippen LogP contribution in [-0.4, -0.2) is 4.98 Å². The van der Waals surface area contributed by atoms with E-state index in [1.54, 1.807) is 0 Å². The van der Waals surface area contributed by atoms with Gasteiger partial charge in [0.05, 0.1) is 5.89 Å². The summed E-state index contributed by atoms with van der Waals surface area (Å²) in [6, 6.07) is 20.2. The molecule has 3 aromatic rings. The molecule has 150 valence electrons. The summed E-state index contributed by atoms with van der Waals surface area (Å²) in [5, 5.41) is 0. The number of rotatable bonds is 3. The first-order valence-corrected chi connectivity index (χ1v) is 6.29. The van der Waals surface area contributed by atoms with Crippen LogP contribution < -0.4 is 0 Å². The summed E-state index contributed by atoms with van der Waals surface area (Å²) >= 11 is 0. The van der Waals surface area contributed by atoms with Gasteiger partial charge in [-0.2, -0.15) is 6.92 Å². The van der Waals surface area contributed by atoms with Crippen molar-refractivity contribution < 1.29 is 266 Å². The van der Waals surface area contributed by atoms with E-state index in [9.17, 15) is 0 Å². The number of hydrogen-bond donors (Lipinski definition) is 0. The van der Waals surface area contributed by atoms with E-state index >= 15 is 0 Å². The molecule has 0 N–H and O–H groups in total. The first-order chi connectivity index (χ1) is 9.38. The Morgan fingerprint density at radius 1 is 0.581 bits per heavy atom. The molecule has 0 spiro atoms. The number of oxazole rings is 1. The minimum atomic E-state index is 0. The molecule has 3 rings (SSSR count). The topological polar surface area (TPSA) is 26.0 Å². The molecule has 8 radical (unpaired) electrons. The van der Waals surface area contributed by atoms with Crippen LogP contribution in [0.2, 0.25) is 0 Å². The Kier molecular flexibility index (Phi) is 81.9. The Bertz CT molecular complexity index is 625. The van der Waals surface area contributed by atoms with Gasteiger partial charge in [0.25, 0.3) is 0 Å². The van der Waals surface area contributed by atoms with E-state index in [2.05, 4.69) is 4.98 Å². The maximum atomic E-state index is 5.84. The van der Waals surface area contributed by atoms with Gasteiger partial charge in [0, 0.05) is 273 Å². The fourth-order valence-corrected chi connectivity index (χ4v) is 2.04. The Hall–Kier alpha value is 6.35. The zero-order chi connectivity index (χ0) is 13.1. The molecule has 0 saturated heterocycles. The van der Waals surface area contributed by atoms with Crippen LogP contribution >= 0.6 is 0 Å². The monoisotopic (exact) mass is 1020 g/mol. The molecule has 0 amide bonds. The average molecular weight is 1020 g/mol. The summed E-state index contributed by atoms with van der Waals surface area (Å²) < 4.78 is 5.84. The van der Waals surface area contributed by atoms with Crippen molar-refractivity contribution in [2.24, 2.45) is 0 Å². The van der Waals surface area contributed by atoms with E-state index in [1.165, 1.54) is 0 Å². The van der Waals surface area contributed by atoms with Gasteiger partial charge in [0.2, 0.25) is 0 Å². The second-order valence-electron chi connectivity index (χ2n) is 4.25. The van der Waals surface area contributed by atoms with Gasteiger partial charge < -0.3 is 40.5 Å². The third kappa shape index (κ3) is 21.8. The molecule has 2 aromatic carbocycles. The van der Waals surface area contributed by atoms with Crippen LogP contribution in [0.25, 0.3) is 22.6 Å². The Morgan fingerprint density at radius 2 is 0.935 bits per heavy atom. The van der Waals surface area contributed by atoms with Gasteiger partial charge in [-0.1, -0.05) is 60.7 Å². The van der Waals surface area contributed by atoms with Gasteiger partial charge in [-0.05, 0) is 0 Å². The van der Waals surface area contributed by atoms with Crippen LogP contribution in [0.5, 0.6) is 0 Å². The van der Waals surface area contributed by atoms with Gasteiger partial charge in [-0.15, -0.1) is 0 Å². The SMILES string of the molecule is C[CH-]c1nc(-c2ccccc2)c(-c2ccccc2)o1.[CH3-].[CH3-].[CH3-].[CH3-].[Y].[Y].[Y].[Y].[Y].[Y].[Y].[Y]. The van der Waals surface area contributed by atoms with E-state index in [-0.39, 0.29) is 291 Å². The summed E-state index contributed by atoms with van der Waals surface area (Å²) in [7, 11) is 0. The van der Waals surface area contributed by atoms with E-state index < -0.39 is 0 Å². The van der Waals surface area contributed by atoms with Gasteiger partial charge in [0.1, 0.15) is 5.69 Å². The standard InChI is InChI=1S/C17H14NO.4CH3.8Y/c1-2-15-18-16(13-9-5-3-6-10-13)17(19-15)14-11-7-4-8-12-14;;;;;;;;;;;;/h2-12H,1H3;4*1H3;;;;;;;;/q5*-1;;;;;;;;. The molecule has 0 aliphatic heterocycles. The van der Waals surface area contributed by atoms with E-state index in [1.807, 2.05) is 74.0 Å². The third-order valence-electron chi connectivity index (χ3n) is 2.97. The second kappa shape index (κ2) is 38.5. The van der Waals surface area contributed by atoms with E-state index in [4.69, 9.17) is 4.42 Å². The molecule has 0 aliphatic rings. The predicted molar refractivity (Wildman–Crippen MR) is 102 cm³/mol. The smallest absolute Gasteiger partial charge is 0.158 e. The number of aromatic nitrogens is 1. The Labute approximate surface area is 393 Å². The van der Waals surface area contributed by atoms with Crippen LogP contribution in [0.3, 0.4) is 0 Å². The van der Waals surface area contributed by atoms with Crippen molar-refractivity contribution in [2.75, 3.05) is 0 Å². The minimum Gasteiger partial charge on any atom is -0.471 e. The summed E-state index contributed by atoms with van der Waals surface area (Å²) in [6.45, 7) is 1.93. The zero-order valence-electron chi connectivity index (χ0n) is 19.3. The van der Waals surface area contributed by atoms with Crippen LogP contribution in [0.4, 0.5) is 0 Å².